The van der Waals surface area contributed by atoms with Crippen LogP contribution < -0.4 is 9.47 Å². The van der Waals surface area contributed by atoms with E-state index in [0.717, 1.165) is 12.2 Å². The van der Waals surface area contributed by atoms with Gasteiger partial charge in [0.15, 0.2) is 4.67 Å². The molecular formula is C19H23BrO4. The van der Waals surface area contributed by atoms with Gasteiger partial charge in [0.05, 0.1) is 6.61 Å². The van der Waals surface area contributed by atoms with Crippen LogP contribution in [0, 0.1) is 0 Å². The molecule has 0 amide bonds. The molecule has 4 nitrogen and oxygen atoms in total. The summed E-state index contributed by atoms with van der Waals surface area (Å²) in [5, 5.41) is 0. The Morgan fingerprint density at radius 3 is 2.29 bits per heavy atom. The van der Waals surface area contributed by atoms with Crippen LogP contribution in [0.15, 0.2) is 45.5 Å². The van der Waals surface area contributed by atoms with Crippen LogP contribution in [0.4, 0.5) is 0 Å². The number of furan rings is 1. The fourth-order valence-electron chi connectivity index (χ4n) is 2.26. The normalized spacial score (nSPS) is 10.6. The molecule has 1 aromatic carbocycles. The van der Waals surface area contributed by atoms with E-state index in [4.69, 9.17) is 13.9 Å². The van der Waals surface area contributed by atoms with Crippen molar-refractivity contribution < 1.29 is 18.7 Å². The molecule has 2 rings (SSSR count). The van der Waals surface area contributed by atoms with E-state index in [1.165, 1.54) is 32.1 Å². The number of ether oxygens (including phenoxy) is 2. The van der Waals surface area contributed by atoms with Gasteiger partial charge in [0.25, 0.3) is 0 Å². The van der Waals surface area contributed by atoms with Gasteiger partial charge in [-0.1, -0.05) is 39.0 Å². The Kier molecular flexibility index (Phi) is 7.89. The van der Waals surface area contributed by atoms with E-state index in [2.05, 4.69) is 22.9 Å². The number of hydrogen-bond acceptors (Lipinski definition) is 4. The van der Waals surface area contributed by atoms with Crippen LogP contribution in [0.3, 0.4) is 0 Å². The molecule has 1 aromatic heterocycles. The van der Waals surface area contributed by atoms with Gasteiger partial charge < -0.3 is 13.9 Å². The van der Waals surface area contributed by atoms with Crippen molar-refractivity contribution in [2.75, 3.05) is 6.61 Å². The molecule has 24 heavy (non-hydrogen) atoms. The Morgan fingerprint density at radius 2 is 1.62 bits per heavy atom. The maximum atomic E-state index is 11.9. The minimum Gasteiger partial charge on any atom is -0.494 e. The highest BCUT2D eigenvalue weighted by molar-refractivity contribution is 9.10. The van der Waals surface area contributed by atoms with Gasteiger partial charge in [-0.3, -0.25) is 0 Å². The second-order valence-electron chi connectivity index (χ2n) is 5.58. The summed E-state index contributed by atoms with van der Waals surface area (Å²) in [6.07, 6.45) is 7.43. The largest absolute Gasteiger partial charge is 0.494 e. The third kappa shape index (κ3) is 6.40. The fourth-order valence-corrected chi connectivity index (χ4v) is 2.56. The van der Waals surface area contributed by atoms with Crippen LogP contribution >= 0.6 is 15.9 Å². The zero-order valence-electron chi connectivity index (χ0n) is 13.9. The topological polar surface area (TPSA) is 48.7 Å². The third-order valence-electron chi connectivity index (χ3n) is 3.58. The lowest BCUT2D eigenvalue weighted by molar-refractivity contribution is 0.0700. The summed E-state index contributed by atoms with van der Waals surface area (Å²) in [5.41, 5.74) is 0. The van der Waals surface area contributed by atoms with Gasteiger partial charge in [-0.15, -0.1) is 0 Å². The molecule has 5 heteroatoms. The molecule has 0 aliphatic carbocycles. The summed E-state index contributed by atoms with van der Waals surface area (Å²) in [5.74, 6) is 0.871. The molecule has 0 spiro atoms. The average Bonchev–Trinajstić information content (AvgIpc) is 3.02. The van der Waals surface area contributed by atoms with E-state index < -0.39 is 5.97 Å². The van der Waals surface area contributed by atoms with Gasteiger partial charge in [-0.05, 0) is 58.7 Å². The summed E-state index contributed by atoms with van der Waals surface area (Å²) in [7, 11) is 0. The molecule has 0 unspecified atom stereocenters. The molecule has 0 fully saturated rings. The van der Waals surface area contributed by atoms with Crippen LogP contribution in [-0.2, 0) is 0 Å². The van der Waals surface area contributed by atoms with E-state index in [1.54, 1.807) is 36.4 Å². The van der Waals surface area contributed by atoms with Crippen molar-refractivity contribution in [3.63, 3.8) is 0 Å². The molecule has 0 saturated carbocycles. The quantitative estimate of drug-likeness (QED) is 0.281. The van der Waals surface area contributed by atoms with Gasteiger partial charge in [0.1, 0.15) is 11.5 Å². The minimum atomic E-state index is -0.526. The molecule has 0 radical (unpaired) electrons. The monoisotopic (exact) mass is 394 g/mol. The van der Waals surface area contributed by atoms with Crippen molar-refractivity contribution in [3.8, 4) is 11.5 Å². The van der Waals surface area contributed by atoms with E-state index in [0.29, 0.717) is 17.0 Å². The summed E-state index contributed by atoms with van der Waals surface area (Å²) in [6, 6.07) is 10.2. The highest BCUT2D eigenvalue weighted by Crippen LogP contribution is 2.20. The highest BCUT2D eigenvalue weighted by Gasteiger charge is 2.13. The first-order chi connectivity index (χ1) is 11.7. The molecule has 0 N–H and O–H groups in total. The number of esters is 1. The van der Waals surface area contributed by atoms with Gasteiger partial charge in [-0.2, -0.15) is 0 Å². The van der Waals surface area contributed by atoms with Crippen molar-refractivity contribution in [3.05, 3.63) is 46.8 Å². The first-order valence-corrected chi connectivity index (χ1v) is 9.18. The lowest BCUT2D eigenvalue weighted by Gasteiger charge is -2.07. The van der Waals surface area contributed by atoms with Crippen LogP contribution in [-0.4, -0.2) is 12.6 Å². The number of rotatable bonds is 10. The molecule has 0 saturated heterocycles. The summed E-state index contributed by atoms with van der Waals surface area (Å²) in [6.45, 7) is 2.93. The van der Waals surface area contributed by atoms with Crippen LogP contribution in [0.2, 0.25) is 0 Å². The maximum Gasteiger partial charge on any atom is 0.379 e. The van der Waals surface area contributed by atoms with Crippen molar-refractivity contribution in [1.82, 2.24) is 0 Å². The van der Waals surface area contributed by atoms with Crippen molar-refractivity contribution in [2.24, 2.45) is 0 Å². The van der Waals surface area contributed by atoms with Gasteiger partial charge >= 0.3 is 5.97 Å². The smallest absolute Gasteiger partial charge is 0.379 e. The first-order valence-electron chi connectivity index (χ1n) is 8.39. The molecule has 0 aliphatic heterocycles. The lowest BCUT2D eigenvalue weighted by atomic mass is 10.1. The van der Waals surface area contributed by atoms with Crippen LogP contribution in [0.1, 0.15) is 56.0 Å². The number of hydrogen-bond donors (Lipinski definition) is 0. The summed E-state index contributed by atoms with van der Waals surface area (Å²) in [4.78, 5) is 11.9. The molecule has 0 atom stereocenters. The van der Waals surface area contributed by atoms with Crippen molar-refractivity contribution in [1.29, 1.82) is 0 Å². The molecule has 130 valence electrons. The highest BCUT2D eigenvalue weighted by atomic mass is 79.9. The Labute approximate surface area is 151 Å². The lowest BCUT2D eigenvalue weighted by Crippen LogP contribution is -2.07. The fraction of sp³-hybridized carbons (Fsp3) is 0.421. The number of carbonyl (C=O) groups is 1. The Morgan fingerprint density at radius 1 is 0.958 bits per heavy atom. The van der Waals surface area contributed by atoms with E-state index in [1.807, 2.05) is 0 Å². The van der Waals surface area contributed by atoms with Crippen molar-refractivity contribution in [2.45, 2.75) is 45.4 Å². The van der Waals surface area contributed by atoms with Crippen molar-refractivity contribution >= 4 is 21.9 Å². The minimum absolute atomic E-state index is 0.158. The second kappa shape index (κ2) is 10.2. The predicted octanol–water partition coefficient (Wildman–Crippen LogP) is 6.00. The number of unbranched alkanes of at least 4 members (excludes halogenated alkanes) is 5. The molecular weight excluding hydrogens is 372 g/mol. The van der Waals surface area contributed by atoms with Crippen LogP contribution in [0.5, 0.6) is 11.5 Å². The zero-order valence-corrected chi connectivity index (χ0v) is 15.5. The predicted molar refractivity (Wildman–Crippen MR) is 96.7 cm³/mol. The average molecular weight is 395 g/mol. The van der Waals surface area contributed by atoms with E-state index in [9.17, 15) is 4.79 Å². The molecule has 2 aromatic rings. The Bertz CT molecular complexity index is 619. The van der Waals surface area contributed by atoms with Gasteiger partial charge in [0, 0.05) is 0 Å². The summed E-state index contributed by atoms with van der Waals surface area (Å²) >= 11 is 3.15. The van der Waals surface area contributed by atoms with E-state index >= 15 is 0 Å². The van der Waals surface area contributed by atoms with Gasteiger partial charge in [-0.25, -0.2) is 4.79 Å². The summed E-state index contributed by atoms with van der Waals surface area (Å²) < 4.78 is 16.6. The Hall–Kier alpha value is -1.75. The van der Waals surface area contributed by atoms with E-state index in [-0.39, 0.29) is 5.76 Å². The molecule has 0 bridgehead atoms. The number of halogens is 1. The first kappa shape index (κ1) is 18.6. The Balaban J connectivity index is 1.70. The zero-order chi connectivity index (χ0) is 17.2. The SMILES string of the molecule is CCCCCCCCOc1ccc(OC(=O)c2ccc(Br)o2)cc1. The third-order valence-corrected chi connectivity index (χ3v) is 4.00. The number of carbonyl (C=O) groups excluding carboxylic acids is 1. The standard InChI is InChI=1S/C19H23BrO4/c1-2-3-4-5-6-7-14-22-15-8-10-16(11-9-15)23-19(21)17-12-13-18(20)24-17/h8-13H,2-7,14H2,1H3. The van der Waals surface area contributed by atoms with Crippen LogP contribution in [0.25, 0.3) is 0 Å². The molecule has 1 heterocycles. The maximum absolute atomic E-state index is 11.9. The molecule has 0 aliphatic rings. The van der Waals surface area contributed by atoms with Gasteiger partial charge in [0.2, 0.25) is 5.76 Å². The second-order valence-corrected chi connectivity index (χ2v) is 6.36. The number of benzene rings is 1.